The van der Waals surface area contributed by atoms with E-state index in [1.807, 2.05) is 66.5 Å². The lowest BCUT2D eigenvalue weighted by atomic mass is 10.0. The van der Waals surface area contributed by atoms with Crippen molar-refractivity contribution in [2.24, 2.45) is 0 Å². The summed E-state index contributed by atoms with van der Waals surface area (Å²) < 4.78 is 47.3. The highest BCUT2D eigenvalue weighted by Crippen LogP contribution is 2.29. The molecular weight excluding hydrogens is 753 g/mol. The van der Waals surface area contributed by atoms with Gasteiger partial charge in [0.15, 0.2) is 19.7 Å². The number of pyridine rings is 3. The molecule has 0 spiro atoms. The highest BCUT2D eigenvalue weighted by molar-refractivity contribution is 7.99. The number of anilines is 1. The first-order valence-corrected chi connectivity index (χ1v) is 22.5. The lowest BCUT2D eigenvalue weighted by Crippen LogP contribution is -2.16. The highest BCUT2D eigenvalue weighted by atomic mass is 32.2. The minimum absolute atomic E-state index is 0.112. The zero-order valence-corrected chi connectivity index (χ0v) is 33.9. The van der Waals surface area contributed by atoms with E-state index in [1.165, 1.54) is 10.3 Å². The van der Waals surface area contributed by atoms with Gasteiger partial charge in [-0.15, -0.1) is 24.4 Å². The van der Waals surface area contributed by atoms with E-state index in [2.05, 4.69) is 64.1 Å². The SMILES string of the molecule is CCS(=O)(=O)c1cccc2c1CCCN2.CCS(=O)(=O)c1cccc2ncccc12.CCSc1cccc2ncccc12.Sc1cccc2ncccc12. The second-order valence-electron chi connectivity index (χ2n) is 12.1. The Balaban J connectivity index is 0.000000139. The Morgan fingerprint density at radius 3 is 1.76 bits per heavy atom. The highest BCUT2D eigenvalue weighted by Gasteiger charge is 2.20. The van der Waals surface area contributed by atoms with Crippen LogP contribution in [0.2, 0.25) is 0 Å². The maximum atomic E-state index is 11.8. The summed E-state index contributed by atoms with van der Waals surface area (Å²) in [6.07, 6.45) is 7.14. The van der Waals surface area contributed by atoms with Crippen molar-refractivity contribution in [2.75, 3.05) is 29.1 Å². The van der Waals surface area contributed by atoms with Gasteiger partial charge in [-0.2, -0.15) is 0 Å². The molecule has 7 aromatic rings. The van der Waals surface area contributed by atoms with E-state index in [4.69, 9.17) is 0 Å². The van der Waals surface area contributed by atoms with E-state index in [0.29, 0.717) is 20.7 Å². The molecule has 54 heavy (non-hydrogen) atoms. The van der Waals surface area contributed by atoms with Crippen molar-refractivity contribution >= 4 is 82.5 Å². The minimum atomic E-state index is -3.16. The van der Waals surface area contributed by atoms with Gasteiger partial charge in [0.25, 0.3) is 0 Å². The van der Waals surface area contributed by atoms with Gasteiger partial charge in [-0.1, -0.05) is 57.2 Å². The first-order chi connectivity index (χ1) is 26.1. The van der Waals surface area contributed by atoms with Crippen molar-refractivity contribution in [1.29, 1.82) is 0 Å². The third-order valence-electron chi connectivity index (χ3n) is 8.62. The molecule has 0 saturated carbocycles. The van der Waals surface area contributed by atoms with Crippen molar-refractivity contribution in [3.63, 3.8) is 0 Å². The Hall–Kier alpha value is -4.49. The zero-order valence-electron chi connectivity index (χ0n) is 30.5. The number of nitrogens with one attached hydrogen (secondary N) is 1. The minimum Gasteiger partial charge on any atom is -0.385 e. The van der Waals surface area contributed by atoms with Crippen LogP contribution in [0.1, 0.15) is 32.8 Å². The standard InChI is InChI=1S/C11H15NO2S.C11H11NO2S.C11H11NS.C9H7NS/c2*1-2-15(13,14)11-7-3-6-10-9(11)5-4-8-12-10;1-2-13-11-7-3-6-10-9(11)5-4-8-12-10;11-9-5-1-4-8-7(9)3-2-6-10-8/h3,6-7,12H,2,4-5,8H2,1H3;3-8H,2H2,1H3;3-8H,2H2,1H3;1-6,11H. The average Bonchev–Trinajstić information content (AvgIpc) is 3.21. The molecule has 8 nitrogen and oxygen atoms in total. The topological polar surface area (TPSA) is 119 Å². The summed E-state index contributed by atoms with van der Waals surface area (Å²) in [4.78, 5) is 15.8. The first-order valence-electron chi connectivity index (χ1n) is 17.7. The molecule has 0 bridgehead atoms. The third-order valence-corrected chi connectivity index (χ3v) is 13.6. The lowest BCUT2D eigenvalue weighted by molar-refractivity contribution is 0.594. The fourth-order valence-corrected chi connectivity index (χ4v) is 9.25. The normalized spacial score (nSPS) is 12.2. The quantitative estimate of drug-likeness (QED) is 0.125. The van der Waals surface area contributed by atoms with Crippen LogP contribution >= 0.6 is 24.4 Å². The molecule has 0 aliphatic carbocycles. The molecule has 1 aliphatic heterocycles. The van der Waals surface area contributed by atoms with Crippen molar-refractivity contribution < 1.29 is 16.8 Å². The Labute approximate surface area is 328 Å². The molecule has 0 radical (unpaired) electrons. The number of thioether (sulfide) groups is 1. The molecule has 0 fully saturated rings. The van der Waals surface area contributed by atoms with Crippen LogP contribution in [0.15, 0.2) is 147 Å². The predicted molar refractivity (Wildman–Crippen MR) is 228 cm³/mol. The smallest absolute Gasteiger partial charge is 0.178 e. The predicted octanol–water partition coefficient (Wildman–Crippen LogP) is 9.74. The molecule has 280 valence electrons. The van der Waals surface area contributed by atoms with Gasteiger partial charge in [0.2, 0.25) is 0 Å². The van der Waals surface area contributed by atoms with Gasteiger partial charge >= 0.3 is 0 Å². The monoisotopic (exact) mass is 796 g/mol. The van der Waals surface area contributed by atoms with Gasteiger partial charge in [-0.05, 0) is 97.0 Å². The van der Waals surface area contributed by atoms with Gasteiger partial charge in [0.1, 0.15) is 0 Å². The van der Waals surface area contributed by atoms with Gasteiger partial charge in [-0.25, -0.2) is 16.8 Å². The van der Waals surface area contributed by atoms with E-state index in [1.54, 1.807) is 62.6 Å². The van der Waals surface area contributed by atoms with E-state index in [0.717, 1.165) is 57.7 Å². The second-order valence-corrected chi connectivity index (χ2v) is 18.3. The number of thiol groups is 1. The van der Waals surface area contributed by atoms with Crippen LogP contribution in [-0.4, -0.2) is 55.6 Å². The lowest BCUT2D eigenvalue weighted by Gasteiger charge is -2.20. The van der Waals surface area contributed by atoms with Crippen LogP contribution in [0, 0.1) is 0 Å². The van der Waals surface area contributed by atoms with E-state index in [-0.39, 0.29) is 11.5 Å². The Kier molecular flexibility index (Phi) is 14.5. The molecular formula is C42H44N4O4S4. The van der Waals surface area contributed by atoms with E-state index in [9.17, 15) is 16.8 Å². The number of benzene rings is 4. The Bertz CT molecular complexity index is 2550. The van der Waals surface area contributed by atoms with Crippen LogP contribution in [0.3, 0.4) is 0 Å². The molecule has 0 saturated heterocycles. The maximum absolute atomic E-state index is 11.8. The number of hydrogen-bond donors (Lipinski definition) is 2. The fourth-order valence-electron chi connectivity index (χ4n) is 5.87. The van der Waals surface area contributed by atoms with E-state index < -0.39 is 19.7 Å². The van der Waals surface area contributed by atoms with Crippen LogP contribution in [0.5, 0.6) is 0 Å². The second kappa shape index (κ2) is 19.2. The summed E-state index contributed by atoms with van der Waals surface area (Å²) >= 11 is 6.18. The number of fused-ring (bicyclic) bond motifs is 4. The molecule has 4 heterocycles. The summed E-state index contributed by atoms with van der Waals surface area (Å²) in [5, 5.41) is 6.30. The van der Waals surface area contributed by atoms with Crippen LogP contribution < -0.4 is 5.32 Å². The number of rotatable bonds is 6. The maximum Gasteiger partial charge on any atom is 0.178 e. The third kappa shape index (κ3) is 10.2. The average molecular weight is 797 g/mol. The van der Waals surface area contributed by atoms with Crippen LogP contribution in [-0.2, 0) is 26.1 Å². The Morgan fingerprint density at radius 2 is 1.13 bits per heavy atom. The summed E-state index contributed by atoms with van der Waals surface area (Å²) in [5.41, 5.74) is 4.74. The van der Waals surface area contributed by atoms with Gasteiger partial charge in [0.05, 0.1) is 37.8 Å². The Morgan fingerprint density at radius 1 is 0.611 bits per heavy atom. The molecule has 3 aromatic heterocycles. The van der Waals surface area contributed by atoms with Crippen molar-refractivity contribution in [3.8, 4) is 0 Å². The van der Waals surface area contributed by atoms with Crippen LogP contribution in [0.4, 0.5) is 5.69 Å². The zero-order chi connectivity index (χ0) is 38.6. The number of hydrogen-bond acceptors (Lipinski definition) is 10. The summed E-state index contributed by atoms with van der Waals surface area (Å²) in [6, 6.07) is 34.4. The van der Waals surface area contributed by atoms with Crippen LogP contribution in [0.25, 0.3) is 32.7 Å². The van der Waals surface area contributed by atoms with Gasteiger partial charge < -0.3 is 5.32 Å². The molecule has 1 aliphatic rings. The molecule has 0 amide bonds. The number of nitrogens with zero attached hydrogens (tertiary/aromatic N) is 3. The molecule has 0 atom stereocenters. The van der Waals surface area contributed by atoms with Crippen molar-refractivity contribution in [3.05, 3.63) is 133 Å². The largest absolute Gasteiger partial charge is 0.385 e. The molecule has 4 aromatic carbocycles. The summed E-state index contributed by atoms with van der Waals surface area (Å²) in [7, 11) is -6.24. The number of sulfone groups is 2. The molecule has 8 rings (SSSR count). The molecule has 0 unspecified atom stereocenters. The summed E-state index contributed by atoms with van der Waals surface area (Å²) in [5.74, 6) is 1.39. The van der Waals surface area contributed by atoms with Crippen molar-refractivity contribution in [1.82, 2.24) is 15.0 Å². The van der Waals surface area contributed by atoms with Gasteiger partial charge in [0, 0.05) is 56.8 Å². The first kappa shape index (κ1) is 40.7. The van der Waals surface area contributed by atoms with E-state index >= 15 is 0 Å². The van der Waals surface area contributed by atoms with Crippen molar-refractivity contribution in [2.45, 2.75) is 53.2 Å². The fraction of sp³-hybridized carbons (Fsp3) is 0.214. The number of aromatic nitrogens is 3. The molecule has 1 N–H and O–H groups in total. The van der Waals surface area contributed by atoms with Gasteiger partial charge in [-0.3, -0.25) is 15.0 Å². The molecule has 12 heteroatoms. The summed E-state index contributed by atoms with van der Waals surface area (Å²) in [6.45, 7) is 6.43.